The van der Waals surface area contributed by atoms with Gasteiger partial charge in [0.15, 0.2) is 0 Å². The highest BCUT2D eigenvalue weighted by Gasteiger charge is 2.34. The van der Waals surface area contributed by atoms with E-state index in [2.05, 4.69) is 34.8 Å². The lowest BCUT2D eigenvalue weighted by molar-refractivity contribution is -0.128. The Labute approximate surface area is 231 Å². The van der Waals surface area contributed by atoms with E-state index >= 15 is 0 Å². The number of hydrogen-bond donors (Lipinski definition) is 3. The van der Waals surface area contributed by atoms with Crippen LogP contribution in [0.5, 0.6) is 0 Å². The zero-order valence-electron chi connectivity index (χ0n) is 24.0. The monoisotopic (exact) mass is 540 g/mol. The number of rotatable bonds is 9. The van der Waals surface area contributed by atoms with Crippen LogP contribution in [0.2, 0.25) is 0 Å². The van der Waals surface area contributed by atoms with Gasteiger partial charge in [-0.25, -0.2) is 9.97 Å². The first-order valence-corrected chi connectivity index (χ1v) is 14.2. The second-order valence-corrected chi connectivity index (χ2v) is 12.1. The van der Waals surface area contributed by atoms with Crippen molar-refractivity contribution in [3.8, 4) is 0 Å². The topological polar surface area (TPSA) is 122 Å². The molecular formula is C29H44N6O4. The van der Waals surface area contributed by atoms with E-state index in [-0.39, 0.29) is 41.1 Å². The molecule has 0 spiro atoms. The summed E-state index contributed by atoms with van der Waals surface area (Å²) >= 11 is 0. The van der Waals surface area contributed by atoms with Crippen molar-refractivity contribution >= 4 is 17.6 Å². The molecule has 214 valence electrons. The molecular weight excluding hydrogens is 496 g/mol. The van der Waals surface area contributed by atoms with Gasteiger partial charge in [0.1, 0.15) is 23.0 Å². The minimum atomic E-state index is -0.274. The molecule has 4 rings (SSSR count). The number of carbonyl (C=O) groups excluding carboxylic acids is 2. The summed E-state index contributed by atoms with van der Waals surface area (Å²) in [6, 6.07) is 3.60. The third-order valence-corrected chi connectivity index (χ3v) is 7.23. The second kappa shape index (κ2) is 12.9. The van der Waals surface area contributed by atoms with Crippen molar-refractivity contribution in [2.24, 2.45) is 11.8 Å². The molecule has 0 bridgehead atoms. The third kappa shape index (κ3) is 7.79. The van der Waals surface area contributed by atoms with E-state index in [0.29, 0.717) is 63.0 Å². The molecule has 0 aliphatic carbocycles. The van der Waals surface area contributed by atoms with Crippen molar-refractivity contribution < 1.29 is 18.7 Å². The van der Waals surface area contributed by atoms with Gasteiger partial charge in [-0.3, -0.25) is 9.59 Å². The lowest BCUT2D eigenvalue weighted by Gasteiger charge is -2.39. The van der Waals surface area contributed by atoms with Crippen molar-refractivity contribution in [3.05, 3.63) is 41.7 Å². The highest BCUT2D eigenvalue weighted by Crippen LogP contribution is 2.25. The van der Waals surface area contributed by atoms with Gasteiger partial charge in [0.2, 0.25) is 5.91 Å². The molecule has 3 N–H and O–H groups in total. The Morgan fingerprint density at radius 2 is 1.97 bits per heavy atom. The lowest BCUT2D eigenvalue weighted by atomic mass is 9.95. The van der Waals surface area contributed by atoms with E-state index in [9.17, 15) is 9.59 Å². The smallest absolute Gasteiger partial charge is 0.259 e. The van der Waals surface area contributed by atoms with Crippen LogP contribution in [-0.2, 0) is 21.5 Å². The molecule has 2 fully saturated rings. The summed E-state index contributed by atoms with van der Waals surface area (Å²) in [5.74, 6) is 2.14. The molecule has 2 aliphatic rings. The predicted molar refractivity (Wildman–Crippen MR) is 149 cm³/mol. The fourth-order valence-corrected chi connectivity index (χ4v) is 5.11. The molecule has 39 heavy (non-hydrogen) atoms. The Kier molecular flexibility index (Phi) is 9.61. The largest absolute Gasteiger partial charge is 0.467 e. The van der Waals surface area contributed by atoms with E-state index in [1.165, 1.54) is 0 Å². The number of hydrogen-bond acceptors (Lipinski definition) is 8. The highest BCUT2D eigenvalue weighted by atomic mass is 16.5. The summed E-state index contributed by atoms with van der Waals surface area (Å²) in [7, 11) is 0. The number of carbonyl (C=O) groups is 2. The van der Waals surface area contributed by atoms with Gasteiger partial charge in [0, 0.05) is 62.5 Å². The molecule has 0 aromatic carbocycles. The van der Waals surface area contributed by atoms with Crippen molar-refractivity contribution in [2.45, 2.75) is 77.9 Å². The average molecular weight is 541 g/mol. The maximum atomic E-state index is 14.2. The van der Waals surface area contributed by atoms with Crippen LogP contribution in [-0.4, -0.2) is 71.6 Å². The fourth-order valence-electron chi connectivity index (χ4n) is 5.11. The number of amides is 2. The number of ether oxygens (including phenoxy) is 1. The Morgan fingerprint density at radius 3 is 2.64 bits per heavy atom. The molecule has 0 radical (unpaired) electrons. The Bertz CT molecular complexity index is 1090. The summed E-state index contributed by atoms with van der Waals surface area (Å²) in [5, 5.41) is 10.00. The number of nitrogens with zero attached hydrogens (tertiary/aromatic N) is 3. The summed E-state index contributed by atoms with van der Waals surface area (Å²) in [5.41, 5.74) is 0.160. The van der Waals surface area contributed by atoms with Gasteiger partial charge in [-0.1, -0.05) is 34.6 Å². The average Bonchev–Trinajstić information content (AvgIpc) is 3.44. The van der Waals surface area contributed by atoms with E-state index in [1.807, 2.05) is 37.8 Å². The molecule has 10 heteroatoms. The standard InChI is InChI=1S/C29H44N6O4/c1-19(2)18-35(22-13-21(14-30-15-22)33-26(36)20-8-11-38-12-9-20)27(37)24-17-32-28(29(3,4)5)34-25(24)31-16-23-7-6-10-39-23/h6-7,10,17,19-22,30H,8-9,11-16,18H2,1-5H3,(H,33,36)(H,31,32,34)/t21-,22+/m1/s1. The van der Waals surface area contributed by atoms with Crippen LogP contribution >= 0.6 is 0 Å². The van der Waals surface area contributed by atoms with E-state index in [1.54, 1.807) is 12.5 Å². The Morgan fingerprint density at radius 1 is 1.21 bits per heavy atom. The first-order valence-electron chi connectivity index (χ1n) is 14.2. The van der Waals surface area contributed by atoms with Gasteiger partial charge < -0.3 is 30.0 Å². The normalized spacial score (nSPS) is 20.6. The number of furan rings is 1. The van der Waals surface area contributed by atoms with E-state index < -0.39 is 0 Å². The zero-order chi connectivity index (χ0) is 28.0. The number of aromatic nitrogens is 2. The zero-order valence-corrected chi connectivity index (χ0v) is 24.0. The first-order chi connectivity index (χ1) is 18.6. The quantitative estimate of drug-likeness (QED) is 0.443. The summed E-state index contributed by atoms with van der Waals surface area (Å²) in [4.78, 5) is 38.3. The van der Waals surface area contributed by atoms with Crippen LogP contribution in [0.1, 0.15) is 75.8 Å². The maximum absolute atomic E-state index is 14.2. The van der Waals surface area contributed by atoms with E-state index in [4.69, 9.17) is 14.1 Å². The van der Waals surface area contributed by atoms with Gasteiger partial charge in [-0.15, -0.1) is 0 Å². The summed E-state index contributed by atoms with van der Waals surface area (Å²) in [6.07, 6.45) is 5.48. The minimum absolute atomic E-state index is 0.00574. The summed E-state index contributed by atoms with van der Waals surface area (Å²) < 4.78 is 10.9. The maximum Gasteiger partial charge on any atom is 0.259 e. The van der Waals surface area contributed by atoms with Gasteiger partial charge in [-0.2, -0.15) is 0 Å². The van der Waals surface area contributed by atoms with Crippen LogP contribution in [0.15, 0.2) is 29.0 Å². The molecule has 2 aliphatic heterocycles. The van der Waals surface area contributed by atoms with Crippen molar-refractivity contribution in [2.75, 3.05) is 38.2 Å². The predicted octanol–water partition coefficient (Wildman–Crippen LogP) is 3.35. The van der Waals surface area contributed by atoms with Gasteiger partial charge >= 0.3 is 0 Å². The third-order valence-electron chi connectivity index (χ3n) is 7.23. The number of nitrogens with one attached hydrogen (secondary N) is 3. The molecule has 2 aromatic heterocycles. The molecule has 2 aromatic rings. The van der Waals surface area contributed by atoms with E-state index in [0.717, 1.165) is 18.6 Å². The van der Waals surface area contributed by atoms with Gasteiger partial charge in [0.05, 0.1) is 12.8 Å². The van der Waals surface area contributed by atoms with Gasteiger partial charge in [-0.05, 0) is 37.3 Å². The molecule has 2 saturated heterocycles. The van der Waals surface area contributed by atoms with Crippen LogP contribution in [0.25, 0.3) is 0 Å². The molecule has 10 nitrogen and oxygen atoms in total. The van der Waals surface area contributed by atoms with Crippen LogP contribution in [0.3, 0.4) is 0 Å². The Hall–Kier alpha value is -2.98. The second-order valence-electron chi connectivity index (χ2n) is 12.1. The highest BCUT2D eigenvalue weighted by molar-refractivity contribution is 5.98. The van der Waals surface area contributed by atoms with Crippen LogP contribution in [0, 0.1) is 11.8 Å². The minimum Gasteiger partial charge on any atom is -0.467 e. The molecule has 0 unspecified atom stereocenters. The SMILES string of the molecule is CC(C)CN(C(=O)c1cnc(C(C)(C)C)nc1NCc1ccco1)[C@@H]1CNC[C@H](NC(=O)C2CCOCC2)C1. The van der Waals surface area contributed by atoms with Crippen molar-refractivity contribution in [1.29, 1.82) is 0 Å². The van der Waals surface area contributed by atoms with Crippen molar-refractivity contribution in [3.63, 3.8) is 0 Å². The lowest BCUT2D eigenvalue weighted by Crippen LogP contribution is -2.58. The van der Waals surface area contributed by atoms with Crippen LogP contribution in [0.4, 0.5) is 5.82 Å². The summed E-state index contributed by atoms with van der Waals surface area (Å²) in [6.45, 7) is 14.0. The first kappa shape index (κ1) is 29.0. The van der Waals surface area contributed by atoms with Crippen LogP contribution < -0.4 is 16.0 Å². The molecule has 2 atom stereocenters. The number of anilines is 1. The molecule has 0 saturated carbocycles. The number of piperidine rings is 1. The molecule has 4 heterocycles. The fraction of sp³-hybridized carbons (Fsp3) is 0.655. The Balaban J connectivity index is 1.54. The van der Waals surface area contributed by atoms with Crippen molar-refractivity contribution in [1.82, 2.24) is 25.5 Å². The molecule has 2 amide bonds. The van der Waals surface area contributed by atoms with Gasteiger partial charge in [0.25, 0.3) is 5.91 Å².